The minimum absolute atomic E-state index is 0.0257. The summed E-state index contributed by atoms with van der Waals surface area (Å²) in [6, 6.07) is 12.5. The van der Waals surface area contributed by atoms with Crippen LogP contribution in [-0.4, -0.2) is 131 Å². The number of ether oxygens (including phenoxy) is 1. The quantitative estimate of drug-likeness (QED) is 0.281. The van der Waals surface area contributed by atoms with Gasteiger partial charge in [0.25, 0.3) is 11.8 Å². The van der Waals surface area contributed by atoms with Crippen molar-refractivity contribution in [2.24, 2.45) is 13.0 Å². The zero-order valence-electron chi connectivity index (χ0n) is 29.4. The normalized spacial score (nSPS) is 25.4. The van der Waals surface area contributed by atoms with Crippen LogP contribution in [0.1, 0.15) is 36.2 Å². The predicted molar refractivity (Wildman–Crippen MR) is 188 cm³/mol. The molecule has 272 valence electrons. The third-order valence-electron chi connectivity index (χ3n) is 9.72. The van der Waals surface area contributed by atoms with Gasteiger partial charge in [-0.1, -0.05) is 44.2 Å². The number of hydrogen-bond acceptors (Lipinski definition) is 9. The molecule has 51 heavy (non-hydrogen) atoms. The third kappa shape index (κ3) is 7.99. The Morgan fingerprint density at radius 2 is 1.76 bits per heavy atom. The summed E-state index contributed by atoms with van der Waals surface area (Å²) in [5, 5.41) is 18.5. The van der Waals surface area contributed by atoms with E-state index in [0.29, 0.717) is 36.5 Å². The van der Waals surface area contributed by atoms with Gasteiger partial charge in [0.2, 0.25) is 23.7 Å². The number of carbonyl (C=O) groups excluding carboxylic acids is 5. The smallest absolute Gasteiger partial charge is 0.254 e. The molecular formula is C36H46N8O7. The number of hydrogen-bond donors (Lipinski definition) is 4. The van der Waals surface area contributed by atoms with Crippen LogP contribution in [0.3, 0.4) is 0 Å². The Hall–Kier alpha value is -5.02. The van der Waals surface area contributed by atoms with Crippen LogP contribution >= 0.6 is 0 Å². The highest BCUT2D eigenvalue weighted by Gasteiger charge is 2.38. The number of aliphatic hydroxyl groups excluding tert-OH is 1. The molecule has 15 nitrogen and oxygen atoms in total. The van der Waals surface area contributed by atoms with Gasteiger partial charge in [0.15, 0.2) is 6.10 Å². The lowest BCUT2D eigenvalue weighted by molar-refractivity contribution is -0.148. The zero-order valence-corrected chi connectivity index (χ0v) is 29.4. The number of likely N-dealkylation sites (N-methyl/N-ethyl adjacent to an activating group) is 1. The van der Waals surface area contributed by atoms with E-state index in [4.69, 9.17) is 9.72 Å². The van der Waals surface area contributed by atoms with Gasteiger partial charge < -0.3 is 45.1 Å². The Labute approximate surface area is 296 Å². The van der Waals surface area contributed by atoms with Crippen molar-refractivity contribution in [1.82, 2.24) is 35.3 Å². The van der Waals surface area contributed by atoms with Gasteiger partial charge in [0.1, 0.15) is 12.1 Å². The lowest BCUT2D eigenvalue weighted by Gasteiger charge is -2.38. The van der Waals surface area contributed by atoms with Crippen molar-refractivity contribution in [1.29, 1.82) is 0 Å². The second-order valence-corrected chi connectivity index (χ2v) is 14.0. The van der Waals surface area contributed by atoms with Crippen molar-refractivity contribution in [3.63, 3.8) is 0 Å². The standard InChI is InChI=1S/C36H46N8O7/c1-21(2)31-33(48)37-16-25-18-44(34(49)23-10-11-28-26(15-23)39-36(42(28)4)43-13-12-24(45)17-43)19-29(51-25)32(47)38-27(14-22-8-6-5-7-9-22)35(50)41(3)20-30(46)40-31/h5-11,15,21,24-25,27,29,31,45H,12-14,16-20H2,1-4H3,(H,37,48)(H,38,47)(H,40,46)/t24-,25-,27+,29+,31-/m0/s1. The first-order valence-electron chi connectivity index (χ1n) is 17.4. The maximum Gasteiger partial charge on any atom is 0.254 e. The summed E-state index contributed by atoms with van der Waals surface area (Å²) < 4.78 is 8.13. The first-order valence-corrected chi connectivity index (χ1v) is 17.4. The molecule has 0 aliphatic carbocycles. The molecule has 0 saturated carbocycles. The molecule has 4 N–H and O–H groups in total. The van der Waals surface area contributed by atoms with Gasteiger partial charge in [0.05, 0.1) is 36.3 Å². The van der Waals surface area contributed by atoms with E-state index < -0.39 is 54.0 Å². The number of nitrogens with one attached hydrogen (secondary N) is 3. The van der Waals surface area contributed by atoms with Gasteiger partial charge in [-0.2, -0.15) is 0 Å². The fourth-order valence-corrected chi connectivity index (χ4v) is 6.92. The van der Waals surface area contributed by atoms with Crippen LogP contribution in [0.25, 0.3) is 11.0 Å². The highest BCUT2D eigenvalue weighted by Crippen LogP contribution is 2.26. The summed E-state index contributed by atoms with van der Waals surface area (Å²) in [7, 11) is 3.36. The van der Waals surface area contributed by atoms with Crippen molar-refractivity contribution in [2.45, 2.75) is 57.1 Å². The van der Waals surface area contributed by atoms with Crippen LogP contribution in [0.4, 0.5) is 5.95 Å². The van der Waals surface area contributed by atoms with Crippen molar-refractivity contribution >= 4 is 46.5 Å². The molecule has 5 amide bonds. The van der Waals surface area contributed by atoms with Crippen LogP contribution in [0, 0.1) is 5.92 Å². The molecule has 5 atom stereocenters. The van der Waals surface area contributed by atoms with Crippen LogP contribution < -0.4 is 20.9 Å². The number of fused-ring (bicyclic) bond motifs is 3. The minimum atomic E-state index is -1.15. The summed E-state index contributed by atoms with van der Waals surface area (Å²) >= 11 is 0. The SMILES string of the molecule is CC(C)[C@@H]1NC(=O)CN(C)C(=O)[C@@H](Cc2ccccc2)NC(=O)[C@H]2CN(C(=O)c3ccc4c(c3)nc(N3CC[C@H](O)C3)n4C)C[C@H](CNC1=O)O2. The molecule has 3 fully saturated rings. The van der Waals surface area contributed by atoms with E-state index in [-0.39, 0.29) is 44.4 Å². The van der Waals surface area contributed by atoms with Gasteiger partial charge in [-0.3, -0.25) is 24.0 Å². The molecule has 15 heteroatoms. The van der Waals surface area contributed by atoms with Crippen LogP contribution in [0.5, 0.6) is 0 Å². The van der Waals surface area contributed by atoms with Gasteiger partial charge in [-0.05, 0) is 36.1 Å². The summed E-state index contributed by atoms with van der Waals surface area (Å²) in [6.45, 7) is 4.40. The summed E-state index contributed by atoms with van der Waals surface area (Å²) in [6.07, 6.45) is -1.52. The summed E-state index contributed by atoms with van der Waals surface area (Å²) in [5.41, 5.74) is 2.61. The molecule has 1 aromatic heterocycles. The number of aryl methyl sites for hydroxylation is 1. The highest BCUT2D eigenvalue weighted by molar-refractivity contribution is 5.99. The monoisotopic (exact) mass is 702 g/mol. The Balaban J connectivity index is 1.29. The molecule has 0 radical (unpaired) electrons. The second kappa shape index (κ2) is 15.1. The first-order chi connectivity index (χ1) is 24.4. The molecule has 4 heterocycles. The van der Waals surface area contributed by atoms with Crippen molar-refractivity contribution in [3.05, 3.63) is 59.7 Å². The van der Waals surface area contributed by atoms with Crippen molar-refractivity contribution < 1.29 is 33.8 Å². The Morgan fingerprint density at radius 3 is 2.47 bits per heavy atom. The molecular weight excluding hydrogens is 656 g/mol. The summed E-state index contributed by atoms with van der Waals surface area (Å²) in [5.74, 6) is -1.95. The molecule has 0 spiro atoms. The maximum atomic E-state index is 14.1. The van der Waals surface area contributed by atoms with Gasteiger partial charge in [-0.15, -0.1) is 0 Å². The number of nitrogens with zero attached hydrogens (tertiary/aromatic N) is 5. The maximum absolute atomic E-state index is 14.1. The average Bonchev–Trinajstić information content (AvgIpc) is 3.70. The number of benzene rings is 2. The molecule has 3 aliphatic heterocycles. The number of aromatic nitrogens is 2. The Bertz CT molecular complexity index is 1800. The highest BCUT2D eigenvalue weighted by atomic mass is 16.5. The molecule has 0 unspecified atom stereocenters. The van der Waals surface area contributed by atoms with Gasteiger partial charge in [0, 0.05) is 52.3 Å². The number of carbonyl (C=O) groups is 5. The molecule has 2 aromatic carbocycles. The second-order valence-electron chi connectivity index (χ2n) is 14.0. The van der Waals surface area contributed by atoms with Crippen molar-refractivity contribution in [2.75, 3.05) is 51.2 Å². The van der Waals surface area contributed by atoms with E-state index in [1.807, 2.05) is 52.9 Å². The zero-order chi connectivity index (χ0) is 36.4. The van der Waals surface area contributed by atoms with E-state index in [9.17, 15) is 29.1 Å². The third-order valence-corrected chi connectivity index (χ3v) is 9.72. The predicted octanol–water partition coefficient (Wildman–Crippen LogP) is -0.190. The van der Waals surface area contributed by atoms with Crippen molar-refractivity contribution in [3.8, 4) is 0 Å². The topological polar surface area (TPSA) is 178 Å². The van der Waals surface area contributed by atoms with E-state index >= 15 is 0 Å². The number of rotatable bonds is 5. The molecule has 3 aromatic rings. The minimum Gasteiger partial charge on any atom is -0.391 e. The number of β-amino-alcohol motifs (C(OH)–C–C–N with tert-alkyl or cyclic N) is 1. The van der Waals surface area contributed by atoms with E-state index in [1.165, 1.54) is 16.8 Å². The lowest BCUT2D eigenvalue weighted by atomic mass is 10.0. The first kappa shape index (κ1) is 35.8. The van der Waals surface area contributed by atoms with E-state index in [0.717, 1.165) is 11.1 Å². The number of aliphatic hydroxyl groups is 1. The number of imidazole rings is 1. The molecule has 6 rings (SSSR count). The fraction of sp³-hybridized carbons (Fsp3) is 0.500. The number of amides is 5. The largest absolute Gasteiger partial charge is 0.391 e. The average molecular weight is 703 g/mol. The molecule has 3 aliphatic rings. The van der Waals surface area contributed by atoms with Crippen LogP contribution in [0.2, 0.25) is 0 Å². The molecule has 2 bridgehead atoms. The van der Waals surface area contributed by atoms with E-state index in [1.54, 1.807) is 26.0 Å². The van der Waals surface area contributed by atoms with Crippen LogP contribution in [-0.2, 0) is 37.4 Å². The summed E-state index contributed by atoms with van der Waals surface area (Å²) in [4.78, 5) is 77.6. The number of anilines is 1. The Morgan fingerprint density at radius 1 is 1.00 bits per heavy atom. The van der Waals surface area contributed by atoms with Gasteiger partial charge in [-0.25, -0.2) is 4.98 Å². The van der Waals surface area contributed by atoms with Crippen LogP contribution in [0.15, 0.2) is 48.5 Å². The Kier molecular flexibility index (Phi) is 10.6. The van der Waals surface area contributed by atoms with Gasteiger partial charge >= 0.3 is 0 Å². The number of morpholine rings is 1. The molecule has 3 saturated heterocycles. The lowest BCUT2D eigenvalue weighted by Crippen LogP contribution is -2.59. The van der Waals surface area contributed by atoms with E-state index in [2.05, 4.69) is 16.0 Å². The fourth-order valence-electron chi connectivity index (χ4n) is 6.92.